The number of amides is 1. The molecule has 3 N–H and O–H groups in total. The van der Waals surface area contributed by atoms with Gasteiger partial charge < -0.3 is 15.5 Å². The van der Waals surface area contributed by atoms with Gasteiger partial charge in [-0.3, -0.25) is 4.79 Å². The first-order valence-corrected chi connectivity index (χ1v) is 5.35. The normalized spacial score (nSPS) is 11.9. The van der Waals surface area contributed by atoms with E-state index in [0.717, 1.165) is 6.07 Å². The Morgan fingerprint density at radius 2 is 2.12 bits per heavy atom. The molecule has 0 aliphatic heterocycles. The van der Waals surface area contributed by atoms with Crippen LogP contribution in [-0.2, 0) is 4.79 Å². The molecule has 1 amide bonds. The maximum Gasteiger partial charge on any atom is 0.334 e. The molecule has 0 aliphatic rings. The molecular formula is C10H9BrFNO4. The number of hydrogen-bond donors (Lipinski definition) is 3. The van der Waals surface area contributed by atoms with E-state index in [1.165, 1.54) is 12.1 Å². The maximum atomic E-state index is 12.9. The number of carbonyl (C=O) groups is 2. The quantitative estimate of drug-likeness (QED) is 0.766. The molecule has 0 bridgehead atoms. The Morgan fingerprint density at radius 1 is 1.47 bits per heavy atom. The van der Waals surface area contributed by atoms with Crippen molar-refractivity contribution in [1.29, 1.82) is 0 Å². The van der Waals surface area contributed by atoms with Crippen molar-refractivity contribution in [2.75, 3.05) is 6.54 Å². The summed E-state index contributed by atoms with van der Waals surface area (Å²) in [6, 6.07) is 3.62. The lowest BCUT2D eigenvalue weighted by molar-refractivity contribution is -0.146. The van der Waals surface area contributed by atoms with Gasteiger partial charge in [0.1, 0.15) is 5.82 Å². The first kappa shape index (κ1) is 13.6. The molecule has 1 rings (SSSR count). The molecule has 0 aromatic heterocycles. The Kier molecular flexibility index (Phi) is 4.59. The van der Waals surface area contributed by atoms with Gasteiger partial charge in [0.05, 0.1) is 11.0 Å². The molecule has 0 aliphatic carbocycles. The summed E-state index contributed by atoms with van der Waals surface area (Å²) >= 11 is 2.92. The van der Waals surface area contributed by atoms with Crippen LogP contribution in [0.1, 0.15) is 10.4 Å². The lowest BCUT2D eigenvalue weighted by Crippen LogP contribution is -2.36. The van der Waals surface area contributed by atoms with Gasteiger partial charge in [0, 0.05) is 5.56 Å². The standard InChI is InChI=1S/C10H9BrFNO4/c11-6-3-5(1-2-7(6)12)9(15)13-4-8(14)10(16)17/h1-3,8,14H,4H2,(H,13,15)(H,16,17). The molecule has 0 heterocycles. The van der Waals surface area contributed by atoms with E-state index in [4.69, 9.17) is 10.2 Å². The Labute approximate surface area is 104 Å². The van der Waals surface area contributed by atoms with Gasteiger partial charge in [0.2, 0.25) is 0 Å². The highest BCUT2D eigenvalue weighted by molar-refractivity contribution is 9.10. The van der Waals surface area contributed by atoms with Crippen LogP contribution in [0.2, 0.25) is 0 Å². The second kappa shape index (κ2) is 5.74. The van der Waals surface area contributed by atoms with Gasteiger partial charge in [-0.2, -0.15) is 0 Å². The summed E-state index contributed by atoms with van der Waals surface area (Å²) in [7, 11) is 0. The van der Waals surface area contributed by atoms with E-state index >= 15 is 0 Å². The van der Waals surface area contributed by atoms with Crippen molar-refractivity contribution >= 4 is 27.8 Å². The van der Waals surface area contributed by atoms with Gasteiger partial charge in [0.15, 0.2) is 6.10 Å². The topological polar surface area (TPSA) is 86.6 Å². The summed E-state index contributed by atoms with van der Waals surface area (Å²) in [6.07, 6.45) is -1.66. The highest BCUT2D eigenvalue weighted by Crippen LogP contribution is 2.16. The van der Waals surface area contributed by atoms with Crippen LogP contribution in [0.5, 0.6) is 0 Å². The second-order valence-electron chi connectivity index (χ2n) is 3.19. The number of carboxylic acid groups (broad SMARTS) is 1. The molecule has 17 heavy (non-hydrogen) atoms. The summed E-state index contributed by atoms with van der Waals surface area (Å²) in [4.78, 5) is 21.8. The van der Waals surface area contributed by atoms with Gasteiger partial charge in [-0.1, -0.05) is 0 Å². The van der Waals surface area contributed by atoms with Gasteiger partial charge in [0.25, 0.3) is 5.91 Å². The van der Waals surface area contributed by atoms with E-state index < -0.39 is 30.3 Å². The fraction of sp³-hybridized carbons (Fsp3) is 0.200. The molecule has 92 valence electrons. The van der Waals surface area contributed by atoms with Gasteiger partial charge >= 0.3 is 5.97 Å². The molecule has 0 spiro atoms. The summed E-state index contributed by atoms with van der Waals surface area (Å²) in [6.45, 7) is -0.414. The molecule has 0 saturated heterocycles. The van der Waals surface area contributed by atoms with E-state index in [9.17, 15) is 14.0 Å². The lowest BCUT2D eigenvalue weighted by Gasteiger charge is -2.08. The van der Waals surface area contributed by atoms with Crippen LogP contribution in [0.15, 0.2) is 22.7 Å². The van der Waals surface area contributed by atoms with Crippen molar-refractivity contribution in [2.45, 2.75) is 6.10 Å². The first-order chi connectivity index (χ1) is 7.91. The maximum absolute atomic E-state index is 12.9. The van der Waals surface area contributed by atoms with Crippen molar-refractivity contribution in [3.63, 3.8) is 0 Å². The molecule has 1 aromatic carbocycles. The number of carboxylic acids is 1. The fourth-order valence-electron chi connectivity index (χ4n) is 1.02. The zero-order chi connectivity index (χ0) is 13.0. The Balaban J connectivity index is 2.64. The SMILES string of the molecule is O=C(NCC(O)C(=O)O)c1ccc(F)c(Br)c1. The molecule has 1 aromatic rings. The number of aliphatic carboxylic acids is 1. The third-order valence-electron chi connectivity index (χ3n) is 1.92. The van der Waals surface area contributed by atoms with E-state index in [2.05, 4.69) is 21.2 Å². The van der Waals surface area contributed by atoms with Crippen LogP contribution >= 0.6 is 15.9 Å². The fourth-order valence-corrected chi connectivity index (χ4v) is 1.39. The molecule has 0 saturated carbocycles. The molecule has 0 fully saturated rings. The minimum Gasteiger partial charge on any atom is -0.479 e. The van der Waals surface area contributed by atoms with Crippen molar-refractivity contribution in [3.05, 3.63) is 34.1 Å². The zero-order valence-electron chi connectivity index (χ0n) is 8.48. The third kappa shape index (κ3) is 3.79. The average molecular weight is 306 g/mol. The Bertz CT molecular complexity index is 452. The van der Waals surface area contributed by atoms with Crippen LogP contribution in [0.4, 0.5) is 4.39 Å². The highest BCUT2D eigenvalue weighted by atomic mass is 79.9. The molecule has 0 radical (unpaired) electrons. The molecule has 7 heteroatoms. The number of rotatable bonds is 4. The van der Waals surface area contributed by atoms with Crippen molar-refractivity contribution in [3.8, 4) is 0 Å². The van der Waals surface area contributed by atoms with Crippen molar-refractivity contribution < 1.29 is 24.2 Å². The number of aliphatic hydroxyl groups excluding tert-OH is 1. The Hall–Kier alpha value is -1.47. The summed E-state index contributed by atoms with van der Waals surface area (Å²) in [5.74, 6) is -2.52. The smallest absolute Gasteiger partial charge is 0.334 e. The number of hydrogen-bond acceptors (Lipinski definition) is 3. The van der Waals surface area contributed by atoms with E-state index in [1.807, 2.05) is 0 Å². The van der Waals surface area contributed by atoms with Crippen LogP contribution in [0, 0.1) is 5.82 Å². The largest absolute Gasteiger partial charge is 0.479 e. The van der Waals surface area contributed by atoms with Gasteiger partial charge in [-0.15, -0.1) is 0 Å². The predicted molar refractivity (Wildman–Crippen MR) is 60.1 cm³/mol. The van der Waals surface area contributed by atoms with Crippen LogP contribution in [0.3, 0.4) is 0 Å². The molecule has 1 unspecified atom stereocenters. The van der Waals surface area contributed by atoms with Crippen LogP contribution < -0.4 is 5.32 Å². The number of carbonyl (C=O) groups excluding carboxylic acids is 1. The minimum absolute atomic E-state index is 0.129. The van der Waals surface area contributed by atoms with Crippen LogP contribution in [0.25, 0.3) is 0 Å². The zero-order valence-corrected chi connectivity index (χ0v) is 10.1. The van der Waals surface area contributed by atoms with Crippen LogP contribution in [-0.4, -0.2) is 34.7 Å². The minimum atomic E-state index is -1.66. The number of aliphatic hydroxyl groups is 1. The van der Waals surface area contributed by atoms with Crippen molar-refractivity contribution in [2.24, 2.45) is 0 Å². The van der Waals surface area contributed by atoms with Crippen molar-refractivity contribution in [1.82, 2.24) is 5.32 Å². The summed E-state index contributed by atoms with van der Waals surface area (Å²) < 4.78 is 13.0. The predicted octanol–water partition coefficient (Wildman–Crippen LogP) is 0.763. The molecular weight excluding hydrogens is 297 g/mol. The van der Waals surface area contributed by atoms with E-state index in [0.29, 0.717) is 0 Å². The number of benzene rings is 1. The van der Waals surface area contributed by atoms with Gasteiger partial charge in [-0.25, -0.2) is 9.18 Å². The number of nitrogens with one attached hydrogen (secondary N) is 1. The van der Waals surface area contributed by atoms with E-state index in [1.54, 1.807) is 0 Å². The monoisotopic (exact) mass is 305 g/mol. The second-order valence-corrected chi connectivity index (χ2v) is 4.05. The van der Waals surface area contributed by atoms with Gasteiger partial charge in [-0.05, 0) is 34.1 Å². The number of halogens is 2. The third-order valence-corrected chi connectivity index (χ3v) is 2.53. The first-order valence-electron chi connectivity index (χ1n) is 4.56. The highest BCUT2D eigenvalue weighted by Gasteiger charge is 2.15. The lowest BCUT2D eigenvalue weighted by atomic mass is 10.2. The summed E-state index contributed by atoms with van der Waals surface area (Å²) in [5.41, 5.74) is 0.163. The molecule has 1 atom stereocenters. The summed E-state index contributed by atoms with van der Waals surface area (Å²) in [5, 5.41) is 19.5. The Morgan fingerprint density at radius 3 is 2.65 bits per heavy atom. The van der Waals surface area contributed by atoms with E-state index in [-0.39, 0.29) is 10.0 Å². The molecule has 5 nitrogen and oxygen atoms in total. The average Bonchev–Trinajstić information content (AvgIpc) is 2.28.